The molecule has 37 heavy (non-hydrogen) atoms. The molecule has 10 nitrogen and oxygen atoms in total. The molecule has 13 heteroatoms. The smallest absolute Gasteiger partial charge is 0.351 e. The van der Waals surface area contributed by atoms with Crippen LogP contribution in [-0.2, 0) is 18.8 Å². The Kier molecular flexibility index (Phi) is 8.33. The highest BCUT2D eigenvalue weighted by Gasteiger charge is 2.51. The van der Waals surface area contributed by atoms with Gasteiger partial charge in [0, 0.05) is 6.20 Å². The number of carbonyl (C=O) groups excluding carboxylic acids is 1. The van der Waals surface area contributed by atoms with Crippen molar-refractivity contribution in [3.8, 4) is 5.75 Å². The van der Waals surface area contributed by atoms with Crippen LogP contribution in [0, 0.1) is 0 Å². The van der Waals surface area contributed by atoms with Crippen molar-refractivity contribution in [2.24, 2.45) is 0 Å². The Labute approximate surface area is 212 Å². The molecular formula is C24H27F2N4O6P. The number of ether oxygens (including phenoxy) is 2. The Hall–Kier alpha value is -3.18. The summed E-state index contributed by atoms with van der Waals surface area (Å²) >= 11 is 0. The second-order valence-electron chi connectivity index (χ2n) is 8.61. The second kappa shape index (κ2) is 11.5. The molecule has 4 rings (SSSR count). The van der Waals surface area contributed by atoms with Crippen LogP contribution in [0.2, 0.25) is 0 Å². The molecule has 3 unspecified atom stereocenters. The summed E-state index contributed by atoms with van der Waals surface area (Å²) in [7, 11) is -2.05. The van der Waals surface area contributed by atoms with Gasteiger partial charge in [-0.1, -0.05) is 30.3 Å². The quantitative estimate of drug-likeness (QED) is 0.294. The molecule has 1 saturated heterocycles. The third kappa shape index (κ3) is 6.98. The zero-order chi connectivity index (χ0) is 26.6. The van der Waals surface area contributed by atoms with E-state index in [2.05, 4.69) is 10.1 Å². The van der Waals surface area contributed by atoms with Gasteiger partial charge in [-0.3, -0.25) is 9.36 Å². The first-order valence-corrected chi connectivity index (χ1v) is 12.7. The molecule has 198 valence electrons. The molecule has 2 heterocycles. The summed E-state index contributed by atoms with van der Waals surface area (Å²) in [6.07, 6.45) is -2.73. The van der Waals surface area contributed by atoms with Crippen molar-refractivity contribution in [2.45, 2.75) is 44.6 Å². The van der Waals surface area contributed by atoms with E-state index in [-0.39, 0.29) is 18.5 Å². The first-order chi connectivity index (χ1) is 17.6. The van der Waals surface area contributed by atoms with Gasteiger partial charge in [0.15, 0.2) is 0 Å². The van der Waals surface area contributed by atoms with Crippen LogP contribution in [0.15, 0.2) is 59.5 Å². The Morgan fingerprint density at radius 2 is 2.03 bits per heavy atom. The van der Waals surface area contributed by atoms with Crippen molar-refractivity contribution in [3.63, 3.8) is 0 Å². The molecule has 1 aliphatic rings. The van der Waals surface area contributed by atoms with E-state index < -0.39 is 51.5 Å². The van der Waals surface area contributed by atoms with E-state index in [0.717, 1.165) is 15.3 Å². The zero-order valence-corrected chi connectivity index (χ0v) is 21.1. The van der Waals surface area contributed by atoms with Gasteiger partial charge >= 0.3 is 20.2 Å². The van der Waals surface area contributed by atoms with Gasteiger partial charge < -0.3 is 24.3 Å². The summed E-state index contributed by atoms with van der Waals surface area (Å²) in [5.74, 6) is -3.45. The van der Waals surface area contributed by atoms with Crippen molar-refractivity contribution in [1.82, 2.24) is 14.6 Å². The van der Waals surface area contributed by atoms with Crippen LogP contribution in [-0.4, -0.2) is 46.8 Å². The largest absolute Gasteiger partial charge is 0.462 e. The molecule has 3 aromatic rings. The molecule has 1 aliphatic heterocycles. The van der Waals surface area contributed by atoms with Crippen LogP contribution in [0.5, 0.6) is 5.75 Å². The van der Waals surface area contributed by atoms with E-state index in [0.29, 0.717) is 5.75 Å². The predicted octanol–water partition coefficient (Wildman–Crippen LogP) is 3.77. The third-order valence-corrected chi connectivity index (χ3v) is 6.55. The van der Waals surface area contributed by atoms with Gasteiger partial charge in [-0.2, -0.15) is 4.98 Å². The maximum absolute atomic E-state index is 14.8. The van der Waals surface area contributed by atoms with Gasteiger partial charge in [0.25, 0.3) is 5.92 Å². The summed E-state index contributed by atoms with van der Waals surface area (Å²) in [6, 6.07) is 14.3. The van der Waals surface area contributed by atoms with E-state index in [1.54, 1.807) is 26.0 Å². The first kappa shape index (κ1) is 26.9. The number of nitrogens with one attached hydrogen (secondary N) is 1. The van der Waals surface area contributed by atoms with E-state index in [1.165, 1.54) is 12.3 Å². The number of alkyl halides is 2. The summed E-state index contributed by atoms with van der Waals surface area (Å²) in [4.78, 5) is 27.7. The zero-order valence-electron chi connectivity index (χ0n) is 20.2. The standard InChI is InChI=1S/C24H27F2N4O6P/c1-15(2)34-22(31)13-28-37(36-18-8-7-16-5-3-4-6-17(16)11-18)33-14-19-24(25,26)12-21(35-19)30-10-9-20(27)29-23(30)32/h3-11,15,19,21,28H,12-14H2,1-2H3,(H2,27,29,32). The van der Waals surface area contributed by atoms with E-state index >= 15 is 0 Å². The molecule has 0 radical (unpaired) electrons. The summed E-state index contributed by atoms with van der Waals surface area (Å²) < 4.78 is 52.6. The average Bonchev–Trinajstić information content (AvgIpc) is 3.14. The maximum Gasteiger partial charge on any atom is 0.351 e. The predicted molar refractivity (Wildman–Crippen MR) is 133 cm³/mol. The number of hydrogen-bond acceptors (Lipinski definition) is 9. The van der Waals surface area contributed by atoms with Crippen LogP contribution in [0.4, 0.5) is 14.6 Å². The minimum atomic E-state index is -3.30. The Morgan fingerprint density at radius 3 is 2.76 bits per heavy atom. The number of nitrogens with zero attached hydrogens (tertiary/aromatic N) is 2. The minimum absolute atomic E-state index is 0.0237. The van der Waals surface area contributed by atoms with Gasteiger partial charge in [0.1, 0.15) is 30.4 Å². The lowest BCUT2D eigenvalue weighted by molar-refractivity contribution is -0.145. The molecule has 3 atom stereocenters. The summed E-state index contributed by atoms with van der Waals surface area (Å²) in [6.45, 7) is 2.60. The van der Waals surface area contributed by atoms with Crippen molar-refractivity contribution < 1.29 is 32.1 Å². The topological polar surface area (TPSA) is 127 Å². The highest BCUT2D eigenvalue weighted by Crippen LogP contribution is 2.43. The van der Waals surface area contributed by atoms with E-state index in [9.17, 15) is 18.4 Å². The number of rotatable bonds is 10. The van der Waals surface area contributed by atoms with Crippen LogP contribution >= 0.6 is 8.53 Å². The SMILES string of the molecule is CC(C)OC(=O)CNP(OCC1OC(n2ccc(N)nc2=O)CC1(F)F)Oc1ccc2ccccc2c1. The number of fused-ring (bicyclic) bond motifs is 1. The number of nitrogen functional groups attached to an aromatic ring is 1. The summed E-state index contributed by atoms with van der Waals surface area (Å²) in [5.41, 5.74) is 4.68. The van der Waals surface area contributed by atoms with Gasteiger partial charge in [0.2, 0.25) is 0 Å². The van der Waals surface area contributed by atoms with Crippen molar-refractivity contribution >= 4 is 31.1 Å². The molecule has 1 aromatic heterocycles. The Bertz CT molecular complexity index is 1310. The molecule has 2 aromatic carbocycles. The molecule has 0 saturated carbocycles. The third-order valence-electron chi connectivity index (χ3n) is 5.37. The molecule has 0 spiro atoms. The molecule has 0 amide bonds. The van der Waals surface area contributed by atoms with Crippen LogP contribution in [0.25, 0.3) is 10.8 Å². The number of benzene rings is 2. The molecule has 0 aliphatic carbocycles. The summed E-state index contributed by atoms with van der Waals surface area (Å²) in [5, 5.41) is 4.70. The lowest BCUT2D eigenvalue weighted by atomic mass is 10.1. The fourth-order valence-corrected chi connectivity index (χ4v) is 4.71. The second-order valence-corrected chi connectivity index (χ2v) is 9.88. The number of hydrogen-bond donors (Lipinski definition) is 2. The molecule has 1 fully saturated rings. The molecule has 0 bridgehead atoms. The van der Waals surface area contributed by atoms with Crippen molar-refractivity contribution in [2.75, 3.05) is 18.9 Å². The number of nitrogens with two attached hydrogens (primary N) is 1. The lowest BCUT2D eigenvalue weighted by Crippen LogP contribution is -2.33. The maximum atomic E-state index is 14.8. The number of halogens is 2. The first-order valence-electron chi connectivity index (χ1n) is 11.5. The Balaban J connectivity index is 1.45. The van der Waals surface area contributed by atoms with Gasteiger partial charge in [-0.05, 0) is 42.8 Å². The number of esters is 1. The van der Waals surface area contributed by atoms with Crippen molar-refractivity contribution in [3.05, 3.63) is 65.2 Å². The highest BCUT2D eigenvalue weighted by atomic mass is 31.2. The van der Waals surface area contributed by atoms with E-state index in [4.69, 9.17) is 24.3 Å². The fourth-order valence-electron chi connectivity index (χ4n) is 3.66. The van der Waals surface area contributed by atoms with Crippen LogP contribution in [0.1, 0.15) is 26.5 Å². The Morgan fingerprint density at radius 1 is 1.27 bits per heavy atom. The number of anilines is 1. The number of aromatic nitrogens is 2. The van der Waals surface area contributed by atoms with Gasteiger partial charge in [0.05, 0.1) is 19.1 Å². The normalized spacial score (nSPS) is 19.7. The highest BCUT2D eigenvalue weighted by molar-refractivity contribution is 7.45. The minimum Gasteiger partial charge on any atom is -0.462 e. The van der Waals surface area contributed by atoms with Crippen LogP contribution < -0.4 is 21.0 Å². The van der Waals surface area contributed by atoms with Gasteiger partial charge in [-0.25, -0.2) is 18.7 Å². The average molecular weight is 536 g/mol. The molecular weight excluding hydrogens is 509 g/mol. The fraction of sp³-hybridized carbons (Fsp3) is 0.375. The molecule has 3 N–H and O–H groups in total. The van der Waals surface area contributed by atoms with Gasteiger partial charge in [-0.15, -0.1) is 0 Å². The van der Waals surface area contributed by atoms with Crippen molar-refractivity contribution in [1.29, 1.82) is 0 Å². The monoisotopic (exact) mass is 536 g/mol. The lowest BCUT2D eigenvalue weighted by Gasteiger charge is -2.22. The number of carbonyl (C=O) groups is 1. The van der Waals surface area contributed by atoms with E-state index in [1.807, 2.05) is 30.3 Å². The van der Waals surface area contributed by atoms with Crippen LogP contribution in [0.3, 0.4) is 0 Å².